The predicted molar refractivity (Wildman–Crippen MR) is 102 cm³/mol. The van der Waals surface area contributed by atoms with Crippen LogP contribution in [0.1, 0.15) is 11.1 Å². The zero-order valence-corrected chi connectivity index (χ0v) is 16.6. The van der Waals surface area contributed by atoms with Gasteiger partial charge in [-0.1, -0.05) is 17.7 Å². The van der Waals surface area contributed by atoms with Gasteiger partial charge in [0.1, 0.15) is 10.6 Å². The number of hydrogen-bond donors (Lipinski definition) is 1. The minimum absolute atomic E-state index is 0.0889. The van der Waals surface area contributed by atoms with Gasteiger partial charge < -0.3 is 10.1 Å². The molecule has 0 bridgehead atoms. The number of sulfonamides is 1. The molecule has 1 N–H and O–H groups in total. The van der Waals surface area contributed by atoms with Gasteiger partial charge in [-0.15, -0.1) is 0 Å². The van der Waals surface area contributed by atoms with Gasteiger partial charge in [-0.3, -0.25) is 4.79 Å². The Balaban J connectivity index is 2.17. The van der Waals surface area contributed by atoms with Crippen LogP contribution in [0, 0.1) is 13.8 Å². The molecule has 26 heavy (non-hydrogen) atoms. The van der Waals surface area contributed by atoms with Crippen LogP contribution in [-0.2, 0) is 14.8 Å². The van der Waals surface area contributed by atoms with E-state index in [1.165, 1.54) is 32.4 Å². The Morgan fingerprint density at radius 3 is 2.46 bits per heavy atom. The van der Waals surface area contributed by atoms with Crippen LogP contribution >= 0.6 is 11.6 Å². The van der Waals surface area contributed by atoms with E-state index < -0.39 is 15.9 Å². The van der Waals surface area contributed by atoms with E-state index in [4.69, 9.17) is 16.3 Å². The fourth-order valence-corrected chi connectivity index (χ4v) is 3.87. The Labute approximate surface area is 158 Å². The summed E-state index contributed by atoms with van der Waals surface area (Å²) in [4.78, 5) is 12.2. The van der Waals surface area contributed by atoms with E-state index in [0.29, 0.717) is 5.69 Å². The normalized spacial score (nSPS) is 11.5. The second-order valence-electron chi connectivity index (χ2n) is 5.90. The number of halogens is 1. The van der Waals surface area contributed by atoms with Gasteiger partial charge in [0.15, 0.2) is 0 Å². The summed E-state index contributed by atoms with van der Waals surface area (Å²) in [5, 5.41) is 2.96. The molecule has 8 heteroatoms. The second-order valence-corrected chi connectivity index (χ2v) is 8.35. The van der Waals surface area contributed by atoms with Gasteiger partial charge in [0.25, 0.3) is 0 Å². The smallest absolute Gasteiger partial charge is 0.247 e. The van der Waals surface area contributed by atoms with E-state index in [1.807, 2.05) is 26.0 Å². The molecular weight excluding hydrogens is 376 g/mol. The van der Waals surface area contributed by atoms with Crippen molar-refractivity contribution in [2.75, 3.05) is 26.0 Å². The number of aryl methyl sites for hydroxylation is 2. The predicted octanol–water partition coefficient (Wildman–Crippen LogP) is 3.22. The standard InChI is InChI=1S/C18H21ClN2O4S/c1-12-5-7-15(9-13(12)2)20-18(22)11-21(3)26(23,24)17-10-14(19)6-8-16(17)25-4/h5-10H,11H2,1-4H3,(H,20,22). The third-order valence-electron chi connectivity index (χ3n) is 3.97. The molecule has 2 aromatic carbocycles. The molecule has 6 nitrogen and oxygen atoms in total. The molecule has 0 atom stereocenters. The Morgan fingerprint density at radius 1 is 1.15 bits per heavy atom. The van der Waals surface area contributed by atoms with Crippen molar-refractivity contribution in [1.29, 1.82) is 0 Å². The number of likely N-dealkylation sites (N-methyl/N-ethyl adjacent to an activating group) is 1. The topological polar surface area (TPSA) is 75.7 Å². The number of carbonyl (C=O) groups excluding carboxylic acids is 1. The van der Waals surface area contributed by atoms with Crippen molar-refractivity contribution in [3.05, 3.63) is 52.5 Å². The number of hydrogen-bond acceptors (Lipinski definition) is 4. The lowest BCUT2D eigenvalue weighted by Crippen LogP contribution is -2.35. The zero-order valence-electron chi connectivity index (χ0n) is 15.0. The number of benzene rings is 2. The maximum absolute atomic E-state index is 12.8. The maximum Gasteiger partial charge on any atom is 0.247 e. The molecule has 0 aliphatic heterocycles. The number of anilines is 1. The third-order valence-corrected chi connectivity index (χ3v) is 6.03. The first kappa shape index (κ1) is 20.2. The Hall–Kier alpha value is -2.09. The van der Waals surface area contributed by atoms with E-state index >= 15 is 0 Å². The van der Waals surface area contributed by atoms with Crippen LogP contribution in [0.2, 0.25) is 5.02 Å². The lowest BCUT2D eigenvalue weighted by atomic mass is 10.1. The molecule has 0 fully saturated rings. The van der Waals surface area contributed by atoms with Crippen molar-refractivity contribution < 1.29 is 17.9 Å². The number of methoxy groups -OCH3 is 1. The molecular formula is C18H21ClN2O4S. The monoisotopic (exact) mass is 396 g/mol. The van der Waals surface area contributed by atoms with Crippen molar-refractivity contribution in [3.8, 4) is 5.75 Å². The summed E-state index contributed by atoms with van der Waals surface area (Å²) in [7, 11) is -1.24. The molecule has 0 aliphatic carbocycles. The van der Waals surface area contributed by atoms with Gasteiger partial charge >= 0.3 is 0 Å². The minimum Gasteiger partial charge on any atom is -0.495 e. The van der Waals surface area contributed by atoms with E-state index in [1.54, 1.807) is 6.07 Å². The molecule has 0 aromatic heterocycles. The molecule has 140 valence electrons. The Morgan fingerprint density at radius 2 is 1.85 bits per heavy atom. The van der Waals surface area contributed by atoms with Crippen LogP contribution in [0.15, 0.2) is 41.3 Å². The summed E-state index contributed by atoms with van der Waals surface area (Å²) >= 11 is 5.91. The summed E-state index contributed by atoms with van der Waals surface area (Å²) in [6.45, 7) is 3.57. The van der Waals surface area contributed by atoms with Gasteiger partial charge in [0.2, 0.25) is 15.9 Å². The van der Waals surface area contributed by atoms with Crippen molar-refractivity contribution in [2.24, 2.45) is 0 Å². The average molecular weight is 397 g/mol. The average Bonchev–Trinajstić information content (AvgIpc) is 2.58. The first-order valence-electron chi connectivity index (χ1n) is 7.82. The van der Waals surface area contributed by atoms with E-state index in [9.17, 15) is 13.2 Å². The lowest BCUT2D eigenvalue weighted by Gasteiger charge is -2.19. The van der Waals surface area contributed by atoms with Crippen LogP contribution in [0.3, 0.4) is 0 Å². The Bertz CT molecular complexity index is 929. The highest BCUT2D eigenvalue weighted by Crippen LogP contribution is 2.29. The van der Waals surface area contributed by atoms with Crippen molar-refractivity contribution in [2.45, 2.75) is 18.7 Å². The van der Waals surface area contributed by atoms with Gasteiger partial charge in [-0.2, -0.15) is 4.31 Å². The molecule has 0 spiro atoms. The van der Waals surface area contributed by atoms with Crippen LogP contribution in [-0.4, -0.2) is 39.3 Å². The molecule has 0 radical (unpaired) electrons. The molecule has 0 heterocycles. The molecule has 2 aromatic rings. The van der Waals surface area contributed by atoms with Crippen molar-refractivity contribution in [1.82, 2.24) is 4.31 Å². The SMILES string of the molecule is COc1ccc(Cl)cc1S(=O)(=O)N(C)CC(=O)Nc1ccc(C)c(C)c1. The summed E-state index contributed by atoms with van der Waals surface area (Å²) in [6, 6.07) is 9.80. The van der Waals surface area contributed by atoms with Gasteiger partial charge in [-0.05, 0) is 55.3 Å². The third kappa shape index (κ3) is 4.55. The Kier molecular flexibility index (Phi) is 6.28. The summed E-state index contributed by atoms with van der Waals surface area (Å²) in [5.74, 6) is -0.281. The largest absolute Gasteiger partial charge is 0.495 e. The van der Waals surface area contributed by atoms with Gasteiger partial charge in [0, 0.05) is 17.8 Å². The van der Waals surface area contributed by atoms with Gasteiger partial charge in [0.05, 0.1) is 13.7 Å². The van der Waals surface area contributed by atoms with Crippen LogP contribution < -0.4 is 10.1 Å². The molecule has 0 saturated carbocycles. The zero-order chi connectivity index (χ0) is 19.5. The van der Waals surface area contributed by atoms with E-state index in [-0.39, 0.29) is 22.2 Å². The van der Waals surface area contributed by atoms with E-state index in [0.717, 1.165) is 15.4 Å². The van der Waals surface area contributed by atoms with Crippen molar-refractivity contribution >= 4 is 33.2 Å². The first-order valence-corrected chi connectivity index (χ1v) is 9.64. The molecule has 0 aliphatic rings. The van der Waals surface area contributed by atoms with Crippen molar-refractivity contribution in [3.63, 3.8) is 0 Å². The number of nitrogens with zero attached hydrogens (tertiary/aromatic N) is 1. The fraction of sp³-hybridized carbons (Fsp3) is 0.278. The van der Waals surface area contributed by atoms with Gasteiger partial charge in [-0.25, -0.2) is 8.42 Å². The summed E-state index contributed by atoms with van der Waals surface area (Å²) < 4.78 is 31.6. The van der Waals surface area contributed by atoms with Crippen LogP contribution in [0.25, 0.3) is 0 Å². The number of amides is 1. The highest BCUT2D eigenvalue weighted by molar-refractivity contribution is 7.89. The fourth-order valence-electron chi connectivity index (χ4n) is 2.33. The quantitative estimate of drug-likeness (QED) is 0.813. The number of nitrogens with one attached hydrogen (secondary N) is 1. The highest BCUT2D eigenvalue weighted by atomic mass is 35.5. The highest BCUT2D eigenvalue weighted by Gasteiger charge is 2.26. The number of rotatable bonds is 6. The molecule has 0 saturated heterocycles. The first-order chi connectivity index (χ1) is 12.1. The summed E-state index contributed by atoms with van der Waals surface area (Å²) in [6.07, 6.45) is 0. The maximum atomic E-state index is 12.8. The number of carbonyl (C=O) groups is 1. The lowest BCUT2D eigenvalue weighted by molar-refractivity contribution is -0.116. The summed E-state index contributed by atoms with van der Waals surface area (Å²) in [5.41, 5.74) is 2.76. The molecule has 2 rings (SSSR count). The minimum atomic E-state index is -3.94. The second kappa shape index (κ2) is 8.07. The molecule has 0 unspecified atom stereocenters. The van der Waals surface area contributed by atoms with Crippen LogP contribution in [0.4, 0.5) is 5.69 Å². The van der Waals surface area contributed by atoms with E-state index in [2.05, 4.69) is 5.32 Å². The molecule has 1 amide bonds. The number of ether oxygens (including phenoxy) is 1. The van der Waals surface area contributed by atoms with Crippen LogP contribution in [0.5, 0.6) is 5.75 Å².